The third kappa shape index (κ3) is 3.89. The Morgan fingerprint density at radius 2 is 2.29 bits per heavy atom. The topological polar surface area (TPSA) is 49.6 Å². The molecule has 2 heterocycles. The summed E-state index contributed by atoms with van der Waals surface area (Å²) in [6, 6.07) is 0.805. The number of likely N-dealkylation sites (tertiary alicyclic amines) is 1. The molecule has 0 N–H and O–H groups in total. The number of hydrogen-bond acceptors (Lipinski definition) is 4. The summed E-state index contributed by atoms with van der Waals surface area (Å²) in [5.41, 5.74) is 0. The predicted molar refractivity (Wildman–Crippen MR) is 93.6 cm³/mol. The highest BCUT2D eigenvalue weighted by atomic mass is 16.4. The maximum absolute atomic E-state index is 12.2. The fourth-order valence-corrected chi connectivity index (χ4v) is 3.73. The molecule has 24 heavy (non-hydrogen) atoms. The van der Waals surface area contributed by atoms with E-state index in [1.807, 2.05) is 4.90 Å². The van der Waals surface area contributed by atoms with Gasteiger partial charge < -0.3 is 9.32 Å². The van der Waals surface area contributed by atoms with Crippen molar-refractivity contribution in [1.82, 2.24) is 14.8 Å². The van der Waals surface area contributed by atoms with Gasteiger partial charge in [-0.25, -0.2) is 4.98 Å². The first-order chi connectivity index (χ1) is 11.5. The van der Waals surface area contributed by atoms with Gasteiger partial charge in [-0.2, -0.15) is 0 Å². The fraction of sp³-hybridized carbons (Fsp3) is 0.684. The zero-order chi connectivity index (χ0) is 17.1. The molecular formula is C19H29N3O2. The lowest BCUT2D eigenvalue weighted by molar-refractivity contribution is -0.132. The van der Waals surface area contributed by atoms with Gasteiger partial charge >= 0.3 is 0 Å². The van der Waals surface area contributed by atoms with E-state index in [1.165, 1.54) is 19.3 Å². The van der Waals surface area contributed by atoms with Crippen LogP contribution in [0.1, 0.15) is 64.0 Å². The van der Waals surface area contributed by atoms with Crippen molar-refractivity contribution in [3.05, 3.63) is 30.0 Å². The molecule has 0 spiro atoms. The van der Waals surface area contributed by atoms with Crippen molar-refractivity contribution < 1.29 is 9.21 Å². The molecule has 1 aromatic rings. The normalized spacial score (nSPS) is 24.7. The zero-order valence-electron chi connectivity index (χ0n) is 15.1. The number of allylic oxidation sites excluding steroid dienone is 1. The summed E-state index contributed by atoms with van der Waals surface area (Å²) in [7, 11) is 0. The molecule has 0 saturated carbocycles. The summed E-state index contributed by atoms with van der Waals surface area (Å²) in [6.45, 7) is 8.30. The standard InChI is InChI=1S/C19H29N3O2/c1-14(2)18-11-20-19(24-18)13-22(15(3)23)17-9-10-21(12-17)16-7-5-4-6-8-16/h5,7,11,14,16-17H,4,6,8-10,12-13H2,1-3H3/t16-,17+/m0/s1. The molecule has 5 nitrogen and oxygen atoms in total. The van der Waals surface area contributed by atoms with E-state index in [0.717, 1.165) is 25.3 Å². The minimum absolute atomic E-state index is 0.102. The first-order valence-corrected chi connectivity index (χ1v) is 9.17. The molecule has 1 amide bonds. The Morgan fingerprint density at radius 1 is 1.46 bits per heavy atom. The maximum Gasteiger partial charge on any atom is 0.220 e. The van der Waals surface area contributed by atoms with Gasteiger partial charge in [0.05, 0.1) is 12.7 Å². The molecule has 1 saturated heterocycles. The first kappa shape index (κ1) is 17.2. The molecular weight excluding hydrogens is 302 g/mol. The number of carbonyl (C=O) groups is 1. The van der Waals surface area contributed by atoms with Crippen molar-refractivity contribution in [2.45, 2.75) is 71.0 Å². The van der Waals surface area contributed by atoms with E-state index in [1.54, 1.807) is 13.1 Å². The lowest BCUT2D eigenvalue weighted by atomic mass is 10.0. The molecule has 3 rings (SSSR count). The molecule has 0 radical (unpaired) electrons. The highest BCUT2D eigenvalue weighted by Gasteiger charge is 2.33. The lowest BCUT2D eigenvalue weighted by Crippen LogP contribution is -2.42. The molecule has 0 unspecified atom stereocenters. The SMILES string of the molecule is CC(=O)N(Cc1ncc(C(C)C)o1)[C@@H]1CCN([C@H]2C=CCCC2)C1. The number of aromatic nitrogens is 1. The van der Waals surface area contributed by atoms with Gasteiger partial charge in [-0.3, -0.25) is 9.69 Å². The molecule has 0 aromatic carbocycles. The van der Waals surface area contributed by atoms with Gasteiger partial charge in [-0.15, -0.1) is 0 Å². The van der Waals surface area contributed by atoms with Gasteiger partial charge in [0.15, 0.2) is 0 Å². The average Bonchev–Trinajstić information content (AvgIpc) is 3.23. The average molecular weight is 331 g/mol. The highest BCUT2D eigenvalue weighted by molar-refractivity contribution is 5.73. The minimum Gasteiger partial charge on any atom is -0.444 e. The molecule has 0 bridgehead atoms. The maximum atomic E-state index is 12.2. The Bertz CT molecular complexity index is 593. The van der Waals surface area contributed by atoms with Crippen molar-refractivity contribution >= 4 is 5.91 Å². The summed E-state index contributed by atoms with van der Waals surface area (Å²) >= 11 is 0. The van der Waals surface area contributed by atoms with Crippen molar-refractivity contribution in [2.75, 3.05) is 13.1 Å². The van der Waals surface area contributed by atoms with Crippen LogP contribution in [0.5, 0.6) is 0 Å². The van der Waals surface area contributed by atoms with Crippen LogP contribution in [0.3, 0.4) is 0 Å². The summed E-state index contributed by atoms with van der Waals surface area (Å²) in [6.07, 6.45) is 11.2. The van der Waals surface area contributed by atoms with Crippen LogP contribution in [0.25, 0.3) is 0 Å². The Labute approximate surface area is 144 Å². The van der Waals surface area contributed by atoms with Crippen LogP contribution in [0.15, 0.2) is 22.8 Å². The van der Waals surface area contributed by atoms with E-state index in [-0.39, 0.29) is 11.9 Å². The van der Waals surface area contributed by atoms with E-state index in [4.69, 9.17) is 4.42 Å². The Hall–Kier alpha value is -1.62. The summed E-state index contributed by atoms with van der Waals surface area (Å²) in [5.74, 6) is 1.95. The summed E-state index contributed by atoms with van der Waals surface area (Å²) in [4.78, 5) is 21.0. The van der Waals surface area contributed by atoms with Crippen LogP contribution in [-0.4, -0.2) is 45.9 Å². The number of amides is 1. The predicted octanol–water partition coefficient (Wildman–Crippen LogP) is 3.33. The van der Waals surface area contributed by atoms with Crippen LogP contribution in [0, 0.1) is 0 Å². The molecule has 1 aliphatic heterocycles. The minimum atomic E-state index is 0.102. The van der Waals surface area contributed by atoms with Crippen molar-refractivity contribution in [2.24, 2.45) is 0 Å². The fourth-order valence-electron chi connectivity index (χ4n) is 3.73. The number of rotatable bonds is 5. The smallest absolute Gasteiger partial charge is 0.220 e. The second-order valence-corrected chi connectivity index (χ2v) is 7.32. The highest BCUT2D eigenvalue weighted by Crippen LogP contribution is 2.25. The van der Waals surface area contributed by atoms with Gasteiger partial charge in [-0.1, -0.05) is 26.0 Å². The van der Waals surface area contributed by atoms with Crippen LogP contribution in [0.2, 0.25) is 0 Å². The first-order valence-electron chi connectivity index (χ1n) is 9.17. The van der Waals surface area contributed by atoms with Gasteiger partial charge in [0.1, 0.15) is 5.76 Å². The number of hydrogen-bond donors (Lipinski definition) is 0. The molecule has 1 fully saturated rings. The van der Waals surface area contributed by atoms with Gasteiger partial charge in [0.2, 0.25) is 11.8 Å². The van der Waals surface area contributed by atoms with E-state index in [9.17, 15) is 4.79 Å². The quantitative estimate of drug-likeness (QED) is 0.777. The van der Waals surface area contributed by atoms with Gasteiger partial charge in [0.25, 0.3) is 0 Å². The number of oxazole rings is 1. The van der Waals surface area contributed by atoms with Crippen LogP contribution >= 0.6 is 0 Å². The zero-order valence-corrected chi connectivity index (χ0v) is 15.1. The van der Waals surface area contributed by atoms with Crippen LogP contribution in [-0.2, 0) is 11.3 Å². The van der Waals surface area contributed by atoms with Crippen molar-refractivity contribution in [1.29, 1.82) is 0 Å². The van der Waals surface area contributed by atoms with Crippen LogP contribution < -0.4 is 0 Å². The largest absolute Gasteiger partial charge is 0.444 e. The molecule has 2 atom stereocenters. The Kier molecular flexibility index (Phi) is 5.39. The van der Waals surface area contributed by atoms with Crippen LogP contribution in [0.4, 0.5) is 0 Å². The summed E-state index contributed by atoms with van der Waals surface area (Å²) in [5, 5.41) is 0. The van der Waals surface area contributed by atoms with Crippen molar-refractivity contribution in [3.63, 3.8) is 0 Å². The Balaban J connectivity index is 1.64. The third-order valence-corrected chi connectivity index (χ3v) is 5.18. The number of nitrogens with zero attached hydrogens (tertiary/aromatic N) is 3. The van der Waals surface area contributed by atoms with Crippen molar-refractivity contribution in [3.8, 4) is 0 Å². The molecule has 2 aliphatic rings. The number of carbonyl (C=O) groups excluding carboxylic acids is 1. The van der Waals surface area contributed by atoms with E-state index < -0.39 is 0 Å². The monoisotopic (exact) mass is 331 g/mol. The second-order valence-electron chi connectivity index (χ2n) is 7.32. The van der Waals surface area contributed by atoms with Gasteiger partial charge in [0, 0.05) is 38.0 Å². The van der Waals surface area contributed by atoms with E-state index in [2.05, 4.69) is 35.9 Å². The molecule has 1 aromatic heterocycles. The van der Waals surface area contributed by atoms with E-state index >= 15 is 0 Å². The van der Waals surface area contributed by atoms with E-state index in [0.29, 0.717) is 24.4 Å². The third-order valence-electron chi connectivity index (χ3n) is 5.18. The Morgan fingerprint density at radius 3 is 2.92 bits per heavy atom. The summed E-state index contributed by atoms with van der Waals surface area (Å²) < 4.78 is 5.80. The molecule has 1 aliphatic carbocycles. The van der Waals surface area contributed by atoms with Gasteiger partial charge in [-0.05, 0) is 25.7 Å². The second kappa shape index (κ2) is 7.51. The lowest BCUT2D eigenvalue weighted by Gasteiger charge is -2.30. The molecule has 132 valence electrons. The molecule has 5 heteroatoms.